The second kappa shape index (κ2) is 9.27. The van der Waals surface area contributed by atoms with Crippen LogP contribution >= 0.6 is 0 Å². The number of carbonyl (C=O) groups is 1. The monoisotopic (exact) mass is 400 g/mol. The first-order valence-corrected chi connectivity index (χ1v) is 9.94. The van der Waals surface area contributed by atoms with E-state index in [1.807, 2.05) is 38.1 Å². The average Bonchev–Trinajstić information content (AvgIpc) is 2.73. The van der Waals surface area contributed by atoms with E-state index in [0.717, 1.165) is 24.1 Å². The van der Waals surface area contributed by atoms with Gasteiger partial charge >= 0.3 is 0 Å². The minimum Gasteiger partial charge on any atom is -0.493 e. The van der Waals surface area contributed by atoms with Crippen molar-refractivity contribution in [2.75, 3.05) is 27.3 Å². The van der Waals surface area contributed by atoms with Crippen molar-refractivity contribution < 1.29 is 18.7 Å². The fourth-order valence-electron chi connectivity index (χ4n) is 3.73. The lowest BCUT2D eigenvalue weighted by molar-refractivity contribution is -0.124. The summed E-state index contributed by atoms with van der Waals surface area (Å²) in [4.78, 5) is 14.5. The SMILES string of the molecule is COc1cc2c(cc1OC)[C@H](CNC(=O)C(C)C)N(Cc1ccc(F)cc1)CC2. The van der Waals surface area contributed by atoms with Crippen molar-refractivity contribution in [3.8, 4) is 11.5 Å². The Morgan fingerprint density at radius 2 is 1.83 bits per heavy atom. The summed E-state index contributed by atoms with van der Waals surface area (Å²) in [6.45, 7) is 5.78. The maximum atomic E-state index is 13.3. The molecule has 0 saturated carbocycles. The van der Waals surface area contributed by atoms with Crippen LogP contribution in [0.25, 0.3) is 0 Å². The third-order valence-corrected chi connectivity index (χ3v) is 5.41. The van der Waals surface area contributed by atoms with Crippen LogP contribution in [0, 0.1) is 11.7 Å². The van der Waals surface area contributed by atoms with Crippen LogP contribution in [-0.4, -0.2) is 38.1 Å². The average molecular weight is 400 g/mol. The van der Waals surface area contributed by atoms with Crippen molar-refractivity contribution in [2.24, 2.45) is 5.92 Å². The maximum Gasteiger partial charge on any atom is 0.222 e. The van der Waals surface area contributed by atoms with Gasteiger partial charge in [-0.25, -0.2) is 4.39 Å². The predicted octanol–water partition coefficient (Wildman–Crippen LogP) is 3.71. The molecule has 29 heavy (non-hydrogen) atoms. The van der Waals surface area contributed by atoms with E-state index < -0.39 is 0 Å². The lowest BCUT2D eigenvalue weighted by Gasteiger charge is -2.38. The molecule has 0 spiro atoms. The Labute approximate surface area is 171 Å². The molecule has 1 amide bonds. The largest absolute Gasteiger partial charge is 0.493 e. The van der Waals surface area contributed by atoms with Crippen molar-refractivity contribution in [3.63, 3.8) is 0 Å². The van der Waals surface area contributed by atoms with Gasteiger partial charge in [-0.2, -0.15) is 0 Å². The quantitative estimate of drug-likeness (QED) is 0.770. The molecule has 0 bridgehead atoms. The van der Waals surface area contributed by atoms with Gasteiger partial charge in [0.15, 0.2) is 11.5 Å². The summed E-state index contributed by atoms with van der Waals surface area (Å²) in [6.07, 6.45) is 0.867. The predicted molar refractivity (Wildman–Crippen MR) is 111 cm³/mol. The zero-order valence-corrected chi connectivity index (χ0v) is 17.5. The molecule has 5 nitrogen and oxygen atoms in total. The first-order chi connectivity index (χ1) is 13.9. The molecular formula is C23H29FN2O3. The lowest BCUT2D eigenvalue weighted by Crippen LogP contribution is -2.42. The number of nitrogens with zero attached hydrogens (tertiary/aromatic N) is 1. The minimum atomic E-state index is -0.240. The number of fused-ring (bicyclic) bond motifs is 1. The Kier molecular flexibility index (Phi) is 6.75. The lowest BCUT2D eigenvalue weighted by atomic mass is 9.91. The highest BCUT2D eigenvalue weighted by Crippen LogP contribution is 2.38. The Bertz CT molecular complexity index is 852. The summed E-state index contributed by atoms with van der Waals surface area (Å²) >= 11 is 0. The molecule has 1 heterocycles. The summed E-state index contributed by atoms with van der Waals surface area (Å²) in [6, 6.07) is 10.6. The second-order valence-electron chi connectivity index (χ2n) is 7.67. The van der Waals surface area contributed by atoms with Gasteiger partial charge in [0, 0.05) is 25.6 Å². The first-order valence-electron chi connectivity index (χ1n) is 9.94. The highest BCUT2D eigenvalue weighted by molar-refractivity contribution is 5.77. The normalized spacial score (nSPS) is 16.4. The molecule has 0 radical (unpaired) electrons. The Hall–Kier alpha value is -2.60. The standard InChI is InChI=1S/C23H29FN2O3/c1-15(2)23(27)25-13-20-19-12-22(29-4)21(28-3)11-17(19)9-10-26(20)14-16-5-7-18(24)8-6-16/h5-8,11-12,15,20H,9-10,13-14H2,1-4H3,(H,25,27)/t20-/m0/s1. The van der Waals surface area contributed by atoms with Gasteiger partial charge in [0.1, 0.15) is 5.82 Å². The molecule has 0 saturated heterocycles. The number of ether oxygens (including phenoxy) is 2. The van der Waals surface area contributed by atoms with Gasteiger partial charge in [-0.1, -0.05) is 26.0 Å². The number of amides is 1. The molecular weight excluding hydrogens is 371 g/mol. The van der Waals surface area contributed by atoms with E-state index >= 15 is 0 Å². The fraction of sp³-hybridized carbons (Fsp3) is 0.435. The zero-order valence-electron chi connectivity index (χ0n) is 17.5. The van der Waals surface area contributed by atoms with Crippen LogP contribution in [0.15, 0.2) is 36.4 Å². The van der Waals surface area contributed by atoms with Gasteiger partial charge < -0.3 is 14.8 Å². The third kappa shape index (κ3) is 4.88. The van der Waals surface area contributed by atoms with Crippen LogP contribution in [0.2, 0.25) is 0 Å². The van der Waals surface area contributed by atoms with Crippen LogP contribution in [-0.2, 0) is 17.8 Å². The van der Waals surface area contributed by atoms with Crippen molar-refractivity contribution >= 4 is 5.91 Å². The van der Waals surface area contributed by atoms with Gasteiger partial charge in [0.05, 0.1) is 20.3 Å². The molecule has 3 rings (SSSR count). The number of hydrogen-bond acceptors (Lipinski definition) is 4. The van der Waals surface area contributed by atoms with E-state index in [9.17, 15) is 9.18 Å². The zero-order chi connectivity index (χ0) is 21.0. The molecule has 2 aromatic rings. The molecule has 0 unspecified atom stereocenters. The summed E-state index contributed by atoms with van der Waals surface area (Å²) in [5.41, 5.74) is 3.36. The topological polar surface area (TPSA) is 50.8 Å². The first kappa shape index (κ1) is 21.1. The van der Waals surface area contributed by atoms with Crippen molar-refractivity contribution in [2.45, 2.75) is 32.9 Å². The molecule has 6 heteroatoms. The smallest absolute Gasteiger partial charge is 0.222 e. The van der Waals surface area contributed by atoms with E-state index in [4.69, 9.17) is 9.47 Å². The van der Waals surface area contributed by atoms with E-state index in [2.05, 4.69) is 10.2 Å². The number of hydrogen-bond donors (Lipinski definition) is 1. The van der Waals surface area contributed by atoms with Crippen LogP contribution in [0.3, 0.4) is 0 Å². The number of benzene rings is 2. The van der Waals surface area contributed by atoms with Crippen molar-refractivity contribution in [1.29, 1.82) is 0 Å². The molecule has 1 aliphatic heterocycles. The molecule has 0 aliphatic carbocycles. The molecule has 156 valence electrons. The van der Waals surface area contributed by atoms with E-state index in [1.165, 1.54) is 17.7 Å². The Morgan fingerprint density at radius 3 is 2.45 bits per heavy atom. The van der Waals surface area contributed by atoms with Crippen LogP contribution in [0.4, 0.5) is 4.39 Å². The van der Waals surface area contributed by atoms with Gasteiger partial charge in [-0.3, -0.25) is 9.69 Å². The molecule has 0 fully saturated rings. The van der Waals surface area contributed by atoms with E-state index in [-0.39, 0.29) is 23.7 Å². The molecule has 0 aromatic heterocycles. The van der Waals surface area contributed by atoms with Crippen molar-refractivity contribution in [3.05, 3.63) is 58.9 Å². The van der Waals surface area contributed by atoms with E-state index in [0.29, 0.717) is 24.6 Å². The Morgan fingerprint density at radius 1 is 1.17 bits per heavy atom. The summed E-state index contributed by atoms with van der Waals surface area (Å²) in [5.74, 6) is 1.10. The highest BCUT2D eigenvalue weighted by Gasteiger charge is 2.29. The summed E-state index contributed by atoms with van der Waals surface area (Å²) in [7, 11) is 3.26. The minimum absolute atomic E-state index is 0.00805. The summed E-state index contributed by atoms with van der Waals surface area (Å²) < 4.78 is 24.3. The van der Waals surface area contributed by atoms with Gasteiger partial charge in [-0.05, 0) is 47.4 Å². The number of rotatable bonds is 7. The Balaban J connectivity index is 1.91. The highest BCUT2D eigenvalue weighted by atomic mass is 19.1. The summed E-state index contributed by atoms with van der Waals surface area (Å²) in [5, 5.41) is 3.07. The third-order valence-electron chi connectivity index (χ3n) is 5.41. The number of halogens is 1. The molecule has 1 N–H and O–H groups in total. The molecule has 1 aliphatic rings. The number of carbonyl (C=O) groups excluding carboxylic acids is 1. The number of nitrogens with one attached hydrogen (secondary N) is 1. The van der Waals surface area contributed by atoms with Gasteiger partial charge in [0.25, 0.3) is 0 Å². The van der Waals surface area contributed by atoms with Crippen LogP contribution in [0.5, 0.6) is 11.5 Å². The van der Waals surface area contributed by atoms with Gasteiger partial charge in [0.2, 0.25) is 5.91 Å². The number of methoxy groups -OCH3 is 2. The maximum absolute atomic E-state index is 13.3. The van der Waals surface area contributed by atoms with Gasteiger partial charge in [-0.15, -0.1) is 0 Å². The van der Waals surface area contributed by atoms with Crippen LogP contribution < -0.4 is 14.8 Å². The molecule has 1 atom stereocenters. The fourth-order valence-corrected chi connectivity index (χ4v) is 3.73. The van der Waals surface area contributed by atoms with Crippen LogP contribution in [0.1, 0.15) is 36.6 Å². The van der Waals surface area contributed by atoms with E-state index in [1.54, 1.807) is 14.2 Å². The van der Waals surface area contributed by atoms with Crippen molar-refractivity contribution in [1.82, 2.24) is 10.2 Å². The molecule has 2 aromatic carbocycles. The second-order valence-corrected chi connectivity index (χ2v) is 7.67.